The van der Waals surface area contributed by atoms with Crippen LogP contribution in [-0.4, -0.2) is 0 Å². The zero-order chi connectivity index (χ0) is 16.4. The third-order valence-electron chi connectivity index (χ3n) is 4.28. The monoisotopic (exact) mass is 364 g/mol. The molecule has 0 aliphatic carbocycles. The number of benzene rings is 3. The lowest BCUT2D eigenvalue weighted by molar-refractivity contribution is 0.911. The molecular formula is C22H21Br. The summed E-state index contributed by atoms with van der Waals surface area (Å²) in [5.74, 6) is 0. The van der Waals surface area contributed by atoms with E-state index in [1.165, 1.54) is 33.4 Å². The summed E-state index contributed by atoms with van der Waals surface area (Å²) in [5.41, 5.74) is 7.58. The van der Waals surface area contributed by atoms with E-state index in [1.807, 2.05) is 0 Å². The largest absolute Gasteiger partial charge is 0.100 e. The van der Waals surface area contributed by atoms with Gasteiger partial charge < -0.3 is 0 Å². The standard InChI is InChI=1S/C22H21Br/c1-16-10-12-19(13-11-16)22(23,20-8-4-6-17(2)14-20)21-9-5-7-18(3)15-21/h4-15H,1-3H3. The third kappa shape index (κ3) is 3.11. The summed E-state index contributed by atoms with van der Waals surface area (Å²) in [6, 6.07) is 26.2. The number of halogens is 1. The van der Waals surface area contributed by atoms with Gasteiger partial charge in [-0.25, -0.2) is 0 Å². The van der Waals surface area contributed by atoms with Crippen molar-refractivity contribution in [2.75, 3.05) is 0 Å². The molecule has 0 N–H and O–H groups in total. The molecule has 3 rings (SSSR count). The number of hydrogen-bond acceptors (Lipinski definition) is 0. The fraction of sp³-hybridized carbons (Fsp3) is 0.182. The molecule has 23 heavy (non-hydrogen) atoms. The van der Waals surface area contributed by atoms with Gasteiger partial charge in [0.1, 0.15) is 4.32 Å². The van der Waals surface area contributed by atoms with Crippen LogP contribution in [0.4, 0.5) is 0 Å². The highest BCUT2D eigenvalue weighted by molar-refractivity contribution is 9.10. The van der Waals surface area contributed by atoms with Gasteiger partial charge >= 0.3 is 0 Å². The molecule has 0 saturated heterocycles. The van der Waals surface area contributed by atoms with Crippen LogP contribution < -0.4 is 0 Å². The van der Waals surface area contributed by atoms with E-state index in [-0.39, 0.29) is 4.32 Å². The minimum Gasteiger partial charge on any atom is -0.0696 e. The van der Waals surface area contributed by atoms with Gasteiger partial charge in [0.25, 0.3) is 0 Å². The molecule has 0 aromatic heterocycles. The molecule has 1 heteroatoms. The van der Waals surface area contributed by atoms with Crippen LogP contribution in [-0.2, 0) is 4.32 Å². The van der Waals surface area contributed by atoms with Gasteiger partial charge in [-0.3, -0.25) is 0 Å². The van der Waals surface area contributed by atoms with Crippen molar-refractivity contribution in [3.8, 4) is 0 Å². The summed E-state index contributed by atoms with van der Waals surface area (Å²) in [7, 11) is 0. The molecule has 0 bridgehead atoms. The molecular weight excluding hydrogens is 344 g/mol. The van der Waals surface area contributed by atoms with Crippen molar-refractivity contribution >= 4 is 15.9 Å². The molecule has 0 heterocycles. The molecule has 0 aliphatic heterocycles. The molecule has 0 unspecified atom stereocenters. The van der Waals surface area contributed by atoms with Gasteiger partial charge in [-0.05, 0) is 37.5 Å². The molecule has 0 fully saturated rings. The van der Waals surface area contributed by atoms with Gasteiger partial charge in [0, 0.05) is 0 Å². The van der Waals surface area contributed by atoms with E-state index < -0.39 is 0 Å². The Hall–Kier alpha value is -1.86. The summed E-state index contributed by atoms with van der Waals surface area (Å²) in [5, 5.41) is 0. The third-order valence-corrected chi connectivity index (χ3v) is 5.65. The second-order valence-corrected chi connectivity index (χ2v) is 7.45. The van der Waals surface area contributed by atoms with Crippen molar-refractivity contribution in [1.29, 1.82) is 0 Å². The SMILES string of the molecule is Cc1ccc(C(Br)(c2cccc(C)c2)c2cccc(C)c2)cc1. The fourth-order valence-corrected chi connectivity index (χ4v) is 3.76. The Morgan fingerprint density at radius 1 is 0.565 bits per heavy atom. The second-order valence-electron chi connectivity index (χ2n) is 6.26. The van der Waals surface area contributed by atoms with Crippen LogP contribution in [0.15, 0.2) is 72.8 Å². The van der Waals surface area contributed by atoms with Crippen LogP contribution in [0.2, 0.25) is 0 Å². The minimum absolute atomic E-state index is 0.335. The Morgan fingerprint density at radius 3 is 1.48 bits per heavy atom. The highest BCUT2D eigenvalue weighted by Gasteiger charge is 2.33. The van der Waals surface area contributed by atoms with Crippen LogP contribution in [0.3, 0.4) is 0 Å². The summed E-state index contributed by atoms with van der Waals surface area (Å²) >= 11 is 4.10. The first kappa shape index (κ1) is 16.0. The molecule has 0 aliphatic rings. The van der Waals surface area contributed by atoms with Gasteiger partial charge in [0.15, 0.2) is 0 Å². The highest BCUT2D eigenvalue weighted by Crippen LogP contribution is 2.45. The lowest BCUT2D eigenvalue weighted by Crippen LogP contribution is -2.22. The van der Waals surface area contributed by atoms with Crippen LogP contribution >= 0.6 is 15.9 Å². The van der Waals surface area contributed by atoms with E-state index in [9.17, 15) is 0 Å². The molecule has 3 aromatic rings. The summed E-state index contributed by atoms with van der Waals surface area (Å²) in [6.07, 6.45) is 0. The number of alkyl halides is 1. The van der Waals surface area contributed by atoms with Crippen LogP contribution in [0, 0.1) is 20.8 Å². The first-order chi connectivity index (χ1) is 11.0. The maximum Gasteiger partial charge on any atom is 0.100 e. The Morgan fingerprint density at radius 2 is 1.04 bits per heavy atom. The van der Waals surface area contributed by atoms with Crippen molar-refractivity contribution in [3.05, 3.63) is 106 Å². The van der Waals surface area contributed by atoms with Gasteiger partial charge in [-0.1, -0.05) is 105 Å². The van der Waals surface area contributed by atoms with Gasteiger partial charge in [0.05, 0.1) is 0 Å². The lowest BCUT2D eigenvalue weighted by atomic mass is 9.83. The predicted molar refractivity (Wildman–Crippen MR) is 102 cm³/mol. The van der Waals surface area contributed by atoms with Crippen LogP contribution in [0.25, 0.3) is 0 Å². The molecule has 0 nitrogen and oxygen atoms in total. The average Bonchev–Trinajstić information content (AvgIpc) is 2.55. The first-order valence-corrected chi connectivity index (χ1v) is 8.70. The Bertz CT molecular complexity index is 770. The first-order valence-electron chi connectivity index (χ1n) is 7.90. The zero-order valence-corrected chi connectivity index (χ0v) is 15.4. The Balaban J connectivity index is 2.27. The van der Waals surface area contributed by atoms with E-state index in [0.29, 0.717) is 0 Å². The van der Waals surface area contributed by atoms with Crippen molar-refractivity contribution in [1.82, 2.24) is 0 Å². The zero-order valence-electron chi connectivity index (χ0n) is 13.8. The van der Waals surface area contributed by atoms with Crippen molar-refractivity contribution in [2.24, 2.45) is 0 Å². The molecule has 0 saturated carbocycles. The second kappa shape index (κ2) is 6.33. The predicted octanol–water partition coefficient (Wildman–Crippen LogP) is 6.30. The molecule has 0 amide bonds. The van der Waals surface area contributed by atoms with Gasteiger partial charge in [0.2, 0.25) is 0 Å². The summed E-state index contributed by atoms with van der Waals surface area (Å²) in [6.45, 7) is 6.41. The number of aryl methyl sites for hydroxylation is 3. The molecule has 0 atom stereocenters. The maximum atomic E-state index is 4.10. The quantitative estimate of drug-likeness (QED) is 0.377. The summed E-state index contributed by atoms with van der Waals surface area (Å²) in [4.78, 5) is 0. The van der Waals surface area contributed by atoms with Crippen molar-refractivity contribution < 1.29 is 0 Å². The Labute approximate surface area is 147 Å². The highest BCUT2D eigenvalue weighted by atomic mass is 79.9. The fourth-order valence-electron chi connectivity index (χ4n) is 3.00. The van der Waals surface area contributed by atoms with Gasteiger partial charge in [-0.15, -0.1) is 0 Å². The normalized spacial score (nSPS) is 11.5. The minimum atomic E-state index is -0.335. The average molecular weight is 365 g/mol. The Kier molecular flexibility index (Phi) is 4.41. The molecule has 3 aromatic carbocycles. The van der Waals surface area contributed by atoms with E-state index in [0.717, 1.165) is 0 Å². The molecule has 0 spiro atoms. The van der Waals surface area contributed by atoms with Crippen molar-refractivity contribution in [2.45, 2.75) is 25.1 Å². The lowest BCUT2D eigenvalue weighted by Gasteiger charge is -2.30. The smallest absolute Gasteiger partial charge is 0.0696 e. The van der Waals surface area contributed by atoms with Crippen molar-refractivity contribution in [3.63, 3.8) is 0 Å². The topological polar surface area (TPSA) is 0 Å². The molecule has 116 valence electrons. The number of rotatable bonds is 3. The van der Waals surface area contributed by atoms with E-state index in [1.54, 1.807) is 0 Å². The summed E-state index contributed by atoms with van der Waals surface area (Å²) < 4.78 is -0.335. The maximum absolute atomic E-state index is 4.10. The number of hydrogen-bond donors (Lipinski definition) is 0. The van der Waals surface area contributed by atoms with E-state index in [4.69, 9.17) is 0 Å². The van der Waals surface area contributed by atoms with E-state index >= 15 is 0 Å². The van der Waals surface area contributed by atoms with E-state index in [2.05, 4.69) is 109 Å². The molecule has 0 radical (unpaired) electrons. The van der Waals surface area contributed by atoms with Crippen LogP contribution in [0.1, 0.15) is 33.4 Å². The van der Waals surface area contributed by atoms with Gasteiger partial charge in [-0.2, -0.15) is 0 Å². The van der Waals surface area contributed by atoms with Crippen LogP contribution in [0.5, 0.6) is 0 Å².